The molecule has 0 aliphatic carbocycles. The summed E-state index contributed by atoms with van der Waals surface area (Å²) in [6.07, 6.45) is 1.33. The van der Waals surface area contributed by atoms with Gasteiger partial charge in [0.15, 0.2) is 0 Å². The zero-order chi connectivity index (χ0) is 11.3. The first-order valence-electron chi connectivity index (χ1n) is 4.70. The molecule has 82 valence electrons. The SMILES string of the molecule is COc1ccc([N+](=O)[O-])c(CCCN)c1. The van der Waals surface area contributed by atoms with Gasteiger partial charge in [-0.2, -0.15) is 0 Å². The van der Waals surface area contributed by atoms with E-state index in [4.69, 9.17) is 10.5 Å². The average molecular weight is 210 g/mol. The fraction of sp³-hybridized carbons (Fsp3) is 0.400. The summed E-state index contributed by atoms with van der Waals surface area (Å²) in [4.78, 5) is 10.3. The van der Waals surface area contributed by atoms with Crippen LogP contribution in [0.15, 0.2) is 18.2 Å². The van der Waals surface area contributed by atoms with E-state index in [9.17, 15) is 10.1 Å². The largest absolute Gasteiger partial charge is 0.497 e. The molecule has 0 saturated heterocycles. The predicted molar refractivity (Wildman–Crippen MR) is 57.0 cm³/mol. The van der Waals surface area contributed by atoms with Gasteiger partial charge >= 0.3 is 0 Å². The zero-order valence-corrected chi connectivity index (χ0v) is 8.60. The molecule has 0 aromatic heterocycles. The highest BCUT2D eigenvalue weighted by molar-refractivity contribution is 5.45. The summed E-state index contributed by atoms with van der Waals surface area (Å²) in [5.41, 5.74) is 6.17. The summed E-state index contributed by atoms with van der Waals surface area (Å²) in [6, 6.07) is 4.74. The molecule has 0 bridgehead atoms. The molecule has 5 heteroatoms. The normalized spacial score (nSPS) is 10.0. The van der Waals surface area contributed by atoms with E-state index in [0.29, 0.717) is 24.3 Å². The molecule has 2 N–H and O–H groups in total. The molecule has 0 saturated carbocycles. The lowest BCUT2D eigenvalue weighted by Crippen LogP contribution is -2.02. The highest BCUT2D eigenvalue weighted by atomic mass is 16.6. The monoisotopic (exact) mass is 210 g/mol. The molecule has 15 heavy (non-hydrogen) atoms. The number of nitrogens with two attached hydrogens (primary N) is 1. The van der Waals surface area contributed by atoms with Crippen molar-refractivity contribution in [3.63, 3.8) is 0 Å². The quantitative estimate of drug-likeness (QED) is 0.590. The molecule has 0 heterocycles. The first-order valence-corrected chi connectivity index (χ1v) is 4.70. The summed E-state index contributed by atoms with van der Waals surface area (Å²) >= 11 is 0. The van der Waals surface area contributed by atoms with E-state index in [2.05, 4.69) is 0 Å². The van der Waals surface area contributed by atoms with Crippen LogP contribution in [0.2, 0.25) is 0 Å². The van der Waals surface area contributed by atoms with Crippen molar-refractivity contribution in [2.75, 3.05) is 13.7 Å². The van der Waals surface area contributed by atoms with Gasteiger partial charge in [-0.25, -0.2) is 0 Å². The molecule has 0 aliphatic rings. The molecule has 0 aliphatic heterocycles. The van der Waals surface area contributed by atoms with Crippen molar-refractivity contribution in [3.8, 4) is 5.75 Å². The van der Waals surface area contributed by atoms with Gasteiger partial charge in [0, 0.05) is 11.6 Å². The Hall–Kier alpha value is -1.62. The van der Waals surface area contributed by atoms with Crippen molar-refractivity contribution in [1.82, 2.24) is 0 Å². The van der Waals surface area contributed by atoms with Crippen LogP contribution < -0.4 is 10.5 Å². The number of hydrogen-bond acceptors (Lipinski definition) is 4. The van der Waals surface area contributed by atoms with E-state index >= 15 is 0 Å². The van der Waals surface area contributed by atoms with Crippen LogP contribution in [0.4, 0.5) is 5.69 Å². The number of hydrogen-bond donors (Lipinski definition) is 1. The predicted octanol–water partition coefficient (Wildman–Crippen LogP) is 1.49. The Balaban J connectivity index is 2.99. The van der Waals surface area contributed by atoms with Gasteiger partial charge in [0.25, 0.3) is 5.69 Å². The maximum absolute atomic E-state index is 10.7. The Morgan fingerprint density at radius 2 is 2.27 bits per heavy atom. The van der Waals surface area contributed by atoms with Gasteiger partial charge in [0.2, 0.25) is 0 Å². The number of nitro groups is 1. The Morgan fingerprint density at radius 1 is 1.53 bits per heavy atom. The third-order valence-corrected chi connectivity index (χ3v) is 2.13. The fourth-order valence-corrected chi connectivity index (χ4v) is 1.36. The molecule has 5 nitrogen and oxygen atoms in total. The summed E-state index contributed by atoms with van der Waals surface area (Å²) in [7, 11) is 1.54. The molecule has 0 amide bonds. The number of nitro benzene ring substituents is 1. The van der Waals surface area contributed by atoms with Crippen LogP contribution in [0, 0.1) is 10.1 Å². The second kappa shape index (κ2) is 5.31. The molecule has 1 rings (SSSR count). The topological polar surface area (TPSA) is 78.4 Å². The Morgan fingerprint density at radius 3 is 2.80 bits per heavy atom. The molecule has 0 atom stereocenters. The zero-order valence-electron chi connectivity index (χ0n) is 8.60. The lowest BCUT2D eigenvalue weighted by atomic mass is 10.1. The summed E-state index contributed by atoms with van der Waals surface area (Å²) < 4.78 is 5.02. The van der Waals surface area contributed by atoms with Crippen LogP contribution in [0.5, 0.6) is 5.75 Å². The van der Waals surface area contributed by atoms with Gasteiger partial charge < -0.3 is 10.5 Å². The molecular weight excluding hydrogens is 196 g/mol. The van der Waals surface area contributed by atoms with Gasteiger partial charge in [-0.1, -0.05) is 0 Å². The third-order valence-electron chi connectivity index (χ3n) is 2.13. The van der Waals surface area contributed by atoms with Crippen molar-refractivity contribution < 1.29 is 9.66 Å². The minimum atomic E-state index is -0.384. The average Bonchev–Trinajstić information content (AvgIpc) is 2.25. The van der Waals surface area contributed by atoms with Crippen molar-refractivity contribution in [2.24, 2.45) is 5.73 Å². The van der Waals surface area contributed by atoms with E-state index in [-0.39, 0.29) is 10.6 Å². The van der Waals surface area contributed by atoms with Gasteiger partial charge in [-0.15, -0.1) is 0 Å². The van der Waals surface area contributed by atoms with Crippen LogP contribution >= 0.6 is 0 Å². The van der Waals surface area contributed by atoms with Gasteiger partial charge in [-0.05, 0) is 31.5 Å². The van der Waals surface area contributed by atoms with E-state index in [1.807, 2.05) is 0 Å². The first-order chi connectivity index (χ1) is 7.19. The lowest BCUT2D eigenvalue weighted by molar-refractivity contribution is -0.385. The van der Waals surface area contributed by atoms with Crippen molar-refractivity contribution in [3.05, 3.63) is 33.9 Å². The van der Waals surface area contributed by atoms with Crippen LogP contribution in [0.3, 0.4) is 0 Å². The number of nitrogens with zero attached hydrogens (tertiary/aromatic N) is 1. The summed E-state index contributed by atoms with van der Waals surface area (Å²) in [6.45, 7) is 0.522. The summed E-state index contributed by atoms with van der Waals surface area (Å²) in [5, 5.41) is 10.7. The highest BCUT2D eigenvalue weighted by Gasteiger charge is 2.13. The van der Waals surface area contributed by atoms with E-state index < -0.39 is 0 Å². The number of ether oxygens (including phenoxy) is 1. The van der Waals surface area contributed by atoms with Crippen LogP contribution in [0.25, 0.3) is 0 Å². The van der Waals surface area contributed by atoms with Crippen LogP contribution in [-0.4, -0.2) is 18.6 Å². The number of rotatable bonds is 5. The molecule has 1 aromatic carbocycles. The van der Waals surface area contributed by atoms with Crippen molar-refractivity contribution in [1.29, 1.82) is 0 Å². The number of aryl methyl sites for hydroxylation is 1. The highest BCUT2D eigenvalue weighted by Crippen LogP contribution is 2.24. The minimum Gasteiger partial charge on any atom is -0.497 e. The van der Waals surface area contributed by atoms with Crippen LogP contribution in [-0.2, 0) is 6.42 Å². The lowest BCUT2D eigenvalue weighted by Gasteiger charge is -2.04. The molecular formula is C10H14N2O3. The van der Waals surface area contributed by atoms with Crippen LogP contribution in [0.1, 0.15) is 12.0 Å². The fourth-order valence-electron chi connectivity index (χ4n) is 1.36. The van der Waals surface area contributed by atoms with Gasteiger partial charge in [0.05, 0.1) is 12.0 Å². The molecule has 1 aromatic rings. The maximum Gasteiger partial charge on any atom is 0.272 e. The van der Waals surface area contributed by atoms with Crippen molar-refractivity contribution in [2.45, 2.75) is 12.8 Å². The Bertz CT molecular complexity index is 353. The standard InChI is InChI=1S/C10H14N2O3/c1-15-9-4-5-10(12(13)14)8(7-9)3-2-6-11/h4-5,7H,2-3,6,11H2,1H3. The summed E-state index contributed by atoms with van der Waals surface area (Å²) in [5.74, 6) is 0.632. The smallest absolute Gasteiger partial charge is 0.272 e. The minimum absolute atomic E-state index is 0.129. The third kappa shape index (κ3) is 2.92. The van der Waals surface area contributed by atoms with E-state index in [1.165, 1.54) is 13.2 Å². The molecule has 0 radical (unpaired) electrons. The second-order valence-electron chi connectivity index (χ2n) is 3.14. The Kier molecular flexibility index (Phi) is 4.05. The maximum atomic E-state index is 10.7. The number of methoxy groups -OCH3 is 1. The molecule has 0 unspecified atom stereocenters. The number of benzene rings is 1. The van der Waals surface area contributed by atoms with Gasteiger partial charge in [0.1, 0.15) is 5.75 Å². The van der Waals surface area contributed by atoms with E-state index in [1.54, 1.807) is 12.1 Å². The Labute approximate surface area is 88.0 Å². The molecule has 0 fully saturated rings. The second-order valence-corrected chi connectivity index (χ2v) is 3.14. The first kappa shape index (κ1) is 11.5. The van der Waals surface area contributed by atoms with Gasteiger partial charge in [-0.3, -0.25) is 10.1 Å². The molecule has 0 spiro atoms. The van der Waals surface area contributed by atoms with E-state index in [0.717, 1.165) is 6.42 Å². The van der Waals surface area contributed by atoms with Crippen molar-refractivity contribution >= 4 is 5.69 Å².